The fourth-order valence-electron chi connectivity index (χ4n) is 6.04. The predicted molar refractivity (Wildman–Crippen MR) is 181 cm³/mol. The standard InChI is InChI=1S/C37H76O.CH4/c1-5-6-7-8-9-10-11-12-13-14-15-16-17-18-19-20-21-22-23-24-25-26-27-28-29-30-31-32-33-34-36(38)35-37(2,3)4;/h36,38H,5-35H2,1-4H3;1H4. The quantitative estimate of drug-likeness (QED) is 0.0848. The van der Waals surface area contributed by atoms with Crippen LogP contribution in [0.2, 0.25) is 0 Å². The molecule has 0 rings (SSSR count). The van der Waals surface area contributed by atoms with E-state index in [1.807, 2.05) is 0 Å². The molecule has 0 bridgehead atoms. The summed E-state index contributed by atoms with van der Waals surface area (Å²) in [4.78, 5) is 0. The van der Waals surface area contributed by atoms with Gasteiger partial charge in [0.05, 0.1) is 6.10 Å². The molecule has 1 nitrogen and oxygen atoms in total. The minimum atomic E-state index is -0.0936. The van der Waals surface area contributed by atoms with Crippen molar-refractivity contribution in [3.63, 3.8) is 0 Å². The summed E-state index contributed by atoms with van der Waals surface area (Å²) in [7, 11) is 0. The molecular weight excluding hydrogens is 472 g/mol. The normalized spacial score (nSPS) is 12.5. The van der Waals surface area contributed by atoms with Crippen molar-refractivity contribution in [1.29, 1.82) is 0 Å². The van der Waals surface area contributed by atoms with Crippen molar-refractivity contribution in [2.45, 2.75) is 240 Å². The molecule has 1 atom stereocenters. The molecule has 238 valence electrons. The molecule has 0 spiro atoms. The lowest BCUT2D eigenvalue weighted by molar-refractivity contribution is 0.110. The van der Waals surface area contributed by atoms with Crippen LogP contribution >= 0.6 is 0 Å². The Morgan fingerprint density at radius 2 is 0.590 bits per heavy atom. The van der Waals surface area contributed by atoms with Gasteiger partial charge >= 0.3 is 0 Å². The van der Waals surface area contributed by atoms with Gasteiger partial charge in [-0.05, 0) is 18.3 Å². The maximum absolute atomic E-state index is 10.1. The summed E-state index contributed by atoms with van der Waals surface area (Å²) in [5.74, 6) is 0. The van der Waals surface area contributed by atoms with Crippen LogP contribution in [-0.2, 0) is 0 Å². The largest absolute Gasteiger partial charge is 0.393 e. The van der Waals surface area contributed by atoms with E-state index >= 15 is 0 Å². The smallest absolute Gasteiger partial charge is 0.0545 e. The van der Waals surface area contributed by atoms with Crippen molar-refractivity contribution in [1.82, 2.24) is 0 Å². The Balaban J connectivity index is 0. The second kappa shape index (κ2) is 32.5. The maximum atomic E-state index is 10.1. The van der Waals surface area contributed by atoms with Gasteiger partial charge in [-0.15, -0.1) is 0 Å². The van der Waals surface area contributed by atoms with Crippen LogP contribution in [0, 0.1) is 5.41 Å². The van der Waals surface area contributed by atoms with E-state index in [9.17, 15) is 5.11 Å². The topological polar surface area (TPSA) is 20.2 Å². The Kier molecular flexibility index (Phi) is 34.2. The van der Waals surface area contributed by atoms with Crippen molar-refractivity contribution >= 4 is 0 Å². The Hall–Kier alpha value is -0.0400. The summed E-state index contributed by atoms with van der Waals surface area (Å²) in [5.41, 5.74) is 0.255. The molecule has 0 aromatic carbocycles. The number of hydrogen-bond donors (Lipinski definition) is 1. The van der Waals surface area contributed by atoms with Crippen LogP contribution < -0.4 is 0 Å². The lowest BCUT2D eigenvalue weighted by Crippen LogP contribution is -2.17. The highest BCUT2D eigenvalue weighted by Crippen LogP contribution is 2.23. The highest BCUT2D eigenvalue weighted by atomic mass is 16.3. The molecule has 0 aliphatic carbocycles. The minimum absolute atomic E-state index is 0. The Bertz CT molecular complexity index is 423. The molecule has 1 unspecified atom stereocenters. The third kappa shape index (κ3) is 38.0. The number of aliphatic hydroxyl groups excluding tert-OH is 1. The second-order valence-electron chi connectivity index (χ2n) is 14.1. The van der Waals surface area contributed by atoms with Gasteiger partial charge in [0.25, 0.3) is 0 Å². The van der Waals surface area contributed by atoms with Gasteiger partial charge in [0.1, 0.15) is 0 Å². The van der Waals surface area contributed by atoms with Gasteiger partial charge in [-0.1, -0.05) is 221 Å². The molecule has 1 N–H and O–H groups in total. The number of rotatable bonds is 31. The summed E-state index contributed by atoms with van der Waals surface area (Å²) < 4.78 is 0. The fraction of sp³-hybridized carbons (Fsp3) is 1.00. The van der Waals surface area contributed by atoms with Crippen molar-refractivity contribution in [3.8, 4) is 0 Å². The first-order valence-corrected chi connectivity index (χ1v) is 18.1. The van der Waals surface area contributed by atoms with Crippen LogP contribution in [-0.4, -0.2) is 11.2 Å². The third-order valence-corrected chi connectivity index (χ3v) is 8.49. The van der Waals surface area contributed by atoms with Crippen LogP contribution in [0.5, 0.6) is 0 Å². The monoisotopic (exact) mass is 553 g/mol. The summed E-state index contributed by atoms with van der Waals surface area (Å²) in [6.45, 7) is 8.97. The first-order chi connectivity index (χ1) is 18.5. The molecule has 0 radical (unpaired) electrons. The van der Waals surface area contributed by atoms with Crippen molar-refractivity contribution < 1.29 is 5.11 Å². The summed E-state index contributed by atoms with van der Waals surface area (Å²) >= 11 is 0. The summed E-state index contributed by atoms with van der Waals surface area (Å²) in [5, 5.41) is 10.1. The molecule has 39 heavy (non-hydrogen) atoms. The Morgan fingerprint density at radius 3 is 0.795 bits per heavy atom. The molecule has 0 aliphatic rings. The van der Waals surface area contributed by atoms with Gasteiger partial charge in [0.2, 0.25) is 0 Å². The van der Waals surface area contributed by atoms with Crippen LogP contribution in [0.25, 0.3) is 0 Å². The predicted octanol–water partition coefficient (Wildman–Crippen LogP) is 14.1. The lowest BCUT2D eigenvalue weighted by Gasteiger charge is -2.22. The maximum Gasteiger partial charge on any atom is 0.0545 e. The molecule has 1 heteroatoms. The average Bonchev–Trinajstić information content (AvgIpc) is 2.86. The van der Waals surface area contributed by atoms with E-state index in [1.54, 1.807) is 0 Å². The summed E-state index contributed by atoms with van der Waals surface area (Å²) in [6.07, 6.45) is 43.8. The third-order valence-electron chi connectivity index (χ3n) is 8.49. The highest BCUT2D eigenvalue weighted by Gasteiger charge is 2.15. The van der Waals surface area contributed by atoms with Gasteiger partial charge in [-0.3, -0.25) is 0 Å². The Morgan fingerprint density at radius 1 is 0.385 bits per heavy atom. The molecular formula is C38H80O. The SMILES string of the molecule is C.CCCCCCCCCCCCCCCCCCCCCCCCCCCCCCCC(O)CC(C)(C)C. The highest BCUT2D eigenvalue weighted by molar-refractivity contribution is 4.68. The zero-order valence-corrected chi connectivity index (χ0v) is 27.4. The van der Waals surface area contributed by atoms with Crippen molar-refractivity contribution in [3.05, 3.63) is 0 Å². The van der Waals surface area contributed by atoms with E-state index in [-0.39, 0.29) is 18.9 Å². The van der Waals surface area contributed by atoms with Crippen LogP contribution in [0.15, 0.2) is 0 Å². The van der Waals surface area contributed by atoms with E-state index in [2.05, 4.69) is 27.7 Å². The van der Waals surface area contributed by atoms with E-state index in [1.165, 1.54) is 186 Å². The molecule has 0 aromatic rings. The van der Waals surface area contributed by atoms with Crippen molar-refractivity contribution in [2.75, 3.05) is 0 Å². The first-order valence-electron chi connectivity index (χ1n) is 18.1. The number of unbranched alkanes of at least 4 members (excludes halogenated alkanes) is 28. The van der Waals surface area contributed by atoms with Gasteiger partial charge in [0, 0.05) is 0 Å². The number of aliphatic hydroxyl groups is 1. The zero-order chi connectivity index (χ0) is 28.0. The molecule has 0 fully saturated rings. The van der Waals surface area contributed by atoms with Gasteiger partial charge in [-0.25, -0.2) is 0 Å². The van der Waals surface area contributed by atoms with Crippen molar-refractivity contribution in [2.24, 2.45) is 5.41 Å². The minimum Gasteiger partial charge on any atom is -0.393 e. The zero-order valence-electron chi connectivity index (χ0n) is 27.4. The summed E-state index contributed by atoms with van der Waals surface area (Å²) in [6, 6.07) is 0. The second-order valence-corrected chi connectivity index (χ2v) is 14.1. The lowest BCUT2D eigenvalue weighted by atomic mass is 9.87. The molecule has 0 aliphatic heterocycles. The molecule has 0 aromatic heterocycles. The van der Waals surface area contributed by atoms with Gasteiger partial charge < -0.3 is 5.11 Å². The average molecular weight is 553 g/mol. The van der Waals surface area contributed by atoms with Gasteiger partial charge in [-0.2, -0.15) is 0 Å². The first kappa shape index (κ1) is 41.1. The van der Waals surface area contributed by atoms with E-state index in [4.69, 9.17) is 0 Å². The van der Waals surface area contributed by atoms with Crippen LogP contribution in [0.3, 0.4) is 0 Å². The van der Waals surface area contributed by atoms with Crippen LogP contribution in [0.1, 0.15) is 234 Å². The van der Waals surface area contributed by atoms with E-state index < -0.39 is 0 Å². The molecule has 0 saturated carbocycles. The van der Waals surface area contributed by atoms with E-state index in [0.29, 0.717) is 0 Å². The van der Waals surface area contributed by atoms with Gasteiger partial charge in [0.15, 0.2) is 0 Å². The molecule has 0 heterocycles. The van der Waals surface area contributed by atoms with E-state index in [0.717, 1.165) is 12.8 Å². The number of hydrogen-bond acceptors (Lipinski definition) is 1. The molecule has 0 saturated heterocycles. The fourth-order valence-corrected chi connectivity index (χ4v) is 6.04. The molecule has 0 amide bonds. The van der Waals surface area contributed by atoms with Crippen LogP contribution in [0.4, 0.5) is 0 Å². The Labute approximate surface area is 250 Å².